The summed E-state index contributed by atoms with van der Waals surface area (Å²) in [5, 5.41) is 0. The van der Waals surface area contributed by atoms with Crippen LogP contribution in [0.4, 0.5) is 0 Å². The molecule has 1 aromatic carbocycles. The minimum atomic E-state index is -1.53. The monoisotopic (exact) mass is 352 g/mol. The molecule has 5 nitrogen and oxygen atoms in total. The summed E-state index contributed by atoms with van der Waals surface area (Å²) in [6.45, 7) is 3.78. The van der Waals surface area contributed by atoms with Gasteiger partial charge < -0.3 is 14.3 Å². The standard InChI is InChI=1S/C21H20O5/c1-19(10-22)14-6-7-20(2)15(14)9-16-17(23)12-5-4-11(25-3)8-13(12)18(24)21(16,19)26-20/h4-5,8-10,14-15H,6-7H2,1-3H3/t14-,15+,19-,20-,21+/m1/s1. The fraction of sp³-hybridized carbons (Fsp3) is 0.476. The molecule has 26 heavy (non-hydrogen) atoms. The molecule has 0 radical (unpaired) electrons. The quantitative estimate of drug-likeness (QED) is 0.766. The topological polar surface area (TPSA) is 69.7 Å². The Morgan fingerprint density at radius 3 is 2.69 bits per heavy atom. The van der Waals surface area contributed by atoms with Gasteiger partial charge in [-0.25, -0.2) is 0 Å². The Labute approximate surface area is 151 Å². The molecule has 0 N–H and O–H groups in total. The van der Waals surface area contributed by atoms with Gasteiger partial charge in [0.15, 0.2) is 11.4 Å². The van der Waals surface area contributed by atoms with E-state index in [0.717, 1.165) is 19.1 Å². The van der Waals surface area contributed by atoms with Gasteiger partial charge in [0.05, 0.1) is 18.1 Å². The lowest BCUT2D eigenvalue weighted by atomic mass is 9.49. The minimum absolute atomic E-state index is 0.00593. The van der Waals surface area contributed by atoms with Crippen LogP contribution in [0.3, 0.4) is 0 Å². The van der Waals surface area contributed by atoms with Gasteiger partial charge >= 0.3 is 0 Å². The molecule has 1 aromatic rings. The SMILES string of the molecule is COc1ccc2c(c1)C(=O)[C@@]13O[C@]4(C)CC[C@H]([C@@H]4C=C1C2=O)[C@@]3(C)C=O. The number of ketones is 2. The third kappa shape index (κ3) is 1.43. The smallest absolute Gasteiger partial charge is 0.201 e. The number of aldehydes is 1. The average molecular weight is 352 g/mol. The van der Waals surface area contributed by atoms with E-state index in [1.54, 1.807) is 25.1 Å². The van der Waals surface area contributed by atoms with Crippen molar-refractivity contribution in [1.82, 2.24) is 0 Å². The first-order chi connectivity index (χ1) is 12.3. The first kappa shape index (κ1) is 15.9. The summed E-state index contributed by atoms with van der Waals surface area (Å²) in [5.74, 6) is -0.0383. The normalized spacial score (nSPS) is 42.2. The lowest BCUT2D eigenvalue weighted by Gasteiger charge is -2.61. The van der Waals surface area contributed by atoms with E-state index in [-0.39, 0.29) is 29.0 Å². The highest BCUT2D eigenvalue weighted by atomic mass is 16.5. The summed E-state index contributed by atoms with van der Waals surface area (Å²) in [4.78, 5) is 39.3. The number of ether oxygens (including phenoxy) is 2. The summed E-state index contributed by atoms with van der Waals surface area (Å²) in [6, 6.07) is 4.88. The fourth-order valence-electron chi connectivity index (χ4n) is 5.85. The van der Waals surface area contributed by atoms with Crippen molar-refractivity contribution in [2.24, 2.45) is 17.3 Å². The molecular weight excluding hydrogens is 332 g/mol. The Hall–Kier alpha value is -2.27. The van der Waals surface area contributed by atoms with Gasteiger partial charge in [-0.05, 0) is 50.8 Å². The van der Waals surface area contributed by atoms with Crippen molar-refractivity contribution in [3.05, 3.63) is 41.0 Å². The predicted octanol–water partition coefficient (Wildman–Crippen LogP) is 2.77. The van der Waals surface area contributed by atoms with Gasteiger partial charge in [-0.2, -0.15) is 0 Å². The molecule has 5 atom stereocenters. The number of Topliss-reactive ketones (excluding diaryl/α,β-unsaturated/α-hetero) is 2. The maximum atomic E-state index is 13.7. The zero-order valence-corrected chi connectivity index (χ0v) is 15.0. The number of rotatable bonds is 2. The van der Waals surface area contributed by atoms with Crippen LogP contribution >= 0.6 is 0 Å². The Morgan fingerprint density at radius 2 is 2.00 bits per heavy atom. The molecule has 4 bridgehead atoms. The zero-order valence-electron chi connectivity index (χ0n) is 15.0. The molecule has 2 fully saturated rings. The van der Waals surface area contributed by atoms with Crippen molar-refractivity contribution >= 4 is 17.9 Å². The molecular formula is C21H20O5. The van der Waals surface area contributed by atoms with E-state index in [0.29, 0.717) is 16.9 Å². The number of benzene rings is 1. The van der Waals surface area contributed by atoms with Gasteiger partial charge in [-0.15, -0.1) is 0 Å². The summed E-state index contributed by atoms with van der Waals surface area (Å²) < 4.78 is 11.7. The van der Waals surface area contributed by atoms with Crippen LogP contribution in [0.15, 0.2) is 29.8 Å². The van der Waals surface area contributed by atoms with Crippen LogP contribution in [0.1, 0.15) is 47.4 Å². The van der Waals surface area contributed by atoms with Gasteiger partial charge in [0.1, 0.15) is 12.0 Å². The molecule has 134 valence electrons. The molecule has 0 aromatic heterocycles. The molecule has 5 heteroatoms. The van der Waals surface area contributed by atoms with Crippen molar-refractivity contribution in [3.8, 4) is 5.75 Å². The van der Waals surface area contributed by atoms with Gasteiger partial charge in [0, 0.05) is 22.6 Å². The predicted molar refractivity (Wildman–Crippen MR) is 92.3 cm³/mol. The van der Waals surface area contributed by atoms with E-state index < -0.39 is 16.6 Å². The second-order valence-corrected chi connectivity index (χ2v) is 8.32. The first-order valence-electron chi connectivity index (χ1n) is 8.99. The van der Waals surface area contributed by atoms with E-state index in [1.165, 1.54) is 7.11 Å². The number of fused-ring (bicyclic) bond motifs is 1. The number of carbonyl (C=O) groups is 3. The first-order valence-corrected chi connectivity index (χ1v) is 8.99. The van der Waals surface area contributed by atoms with E-state index in [1.807, 2.05) is 13.0 Å². The largest absolute Gasteiger partial charge is 0.497 e. The second kappa shape index (κ2) is 4.52. The number of hydrogen-bond acceptors (Lipinski definition) is 5. The summed E-state index contributed by atoms with van der Waals surface area (Å²) in [5.41, 5.74) is -2.11. The van der Waals surface area contributed by atoms with E-state index >= 15 is 0 Å². The van der Waals surface area contributed by atoms with Crippen molar-refractivity contribution in [2.45, 2.75) is 37.9 Å². The summed E-state index contributed by atoms with van der Waals surface area (Å²) in [7, 11) is 1.51. The Bertz CT molecular complexity index is 930. The van der Waals surface area contributed by atoms with Gasteiger partial charge in [0.2, 0.25) is 5.78 Å². The van der Waals surface area contributed by atoms with Crippen molar-refractivity contribution in [3.63, 3.8) is 0 Å². The highest BCUT2D eigenvalue weighted by Crippen LogP contribution is 2.68. The van der Waals surface area contributed by atoms with Gasteiger partial charge in [-0.3, -0.25) is 9.59 Å². The molecule has 1 saturated carbocycles. The lowest BCUT2D eigenvalue weighted by molar-refractivity contribution is -0.219. The van der Waals surface area contributed by atoms with Gasteiger partial charge in [-0.1, -0.05) is 6.08 Å². The molecule has 0 amide bonds. The van der Waals surface area contributed by atoms with Crippen molar-refractivity contribution in [1.29, 1.82) is 0 Å². The van der Waals surface area contributed by atoms with E-state index in [4.69, 9.17) is 9.47 Å². The number of hydrogen-bond donors (Lipinski definition) is 0. The third-order valence-corrected chi connectivity index (χ3v) is 7.26. The fourth-order valence-corrected chi connectivity index (χ4v) is 5.85. The van der Waals surface area contributed by atoms with Gasteiger partial charge in [0.25, 0.3) is 0 Å². The van der Waals surface area contributed by atoms with Crippen LogP contribution in [-0.2, 0) is 9.53 Å². The molecule has 6 rings (SSSR count). The highest BCUT2D eigenvalue weighted by molar-refractivity contribution is 6.28. The number of carbonyl (C=O) groups excluding carboxylic acids is 3. The Balaban J connectivity index is 1.85. The van der Waals surface area contributed by atoms with Crippen LogP contribution in [0.5, 0.6) is 5.75 Å². The highest BCUT2D eigenvalue weighted by Gasteiger charge is 2.76. The Kier molecular flexibility index (Phi) is 2.77. The minimum Gasteiger partial charge on any atom is -0.497 e. The van der Waals surface area contributed by atoms with Crippen LogP contribution in [-0.4, -0.2) is 36.2 Å². The lowest BCUT2D eigenvalue weighted by Crippen LogP contribution is -2.72. The molecule has 2 aliphatic heterocycles. The average Bonchev–Trinajstić information content (AvgIpc) is 2.95. The molecule has 1 spiro atoms. The molecule has 2 heterocycles. The molecule has 5 aliphatic rings. The number of methoxy groups -OCH3 is 1. The van der Waals surface area contributed by atoms with Crippen LogP contribution in [0.25, 0.3) is 0 Å². The van der Waals surface area contributed by atoms with Crippen LogP contribution < -0.4 is 4.74 Å². The Morgan fingerprint density at radius 1 is 1.23 bits per heavy atom. The zero-order chi connectivity index (χ0) is 18.5. The molecule has 1 saturated heterocycles. The molecule has 3 aliphatic carbocycles. The maximum Gasteiger partial charge on any atom is 0.201 e. The van der Waals surface area contributed by atoms with Crippen LogP contribution in [0, 0.1) is 17.3 Å². The molecule has 0 unspecified atom stereocenters. The summed E-state index contributed by atoms with van der Waals surface area (Å²) >= 11 is 0. The van der Waals surface area contributed by atoms with Crippen molar-refractivity contribution in [2.75, 3.05) is 7.11 Å². The van der Waals surface area contributed by atoms with Crippen LogP contribution in [0.2, 0.25) is 0 Å². The second-order valence-electron chi connectivity index (χ2n) is 8.32. The third-order valence-electron chi connectivity index (χ3n) is 7.26. The summed E-state index contributed by atoms with van der Waals surface area (Å²) in [6.07, 6.45) is 4.37. The van der Waals surface area contributed by atoms with Crippen molar-refractivity contribution < 1.29 is 23.9 Å². The van der Waals surface area contributed by atoms with E-state index in [9.17, 15) is 14.4 Å². The maximum absolute atomic E-state index is 13.7. The van der Waals surface area contributed by atoms with E-state index in [2.05, 4.69) is 0 Å².